The van der Waals surface area contributed by atoms with Crippen molar-refractivity contribution in [3.8, 4) is 0 Å². The normalized spacial score (nSPS) is 15.3. The minimum absolute atomic E-state index is 0.226. The number of rotatable bonds is 4. The highest BCUT2D eigenvalue weighted by atomic mass is 15.4. The smallest absolute Gasteiger partial charge is 0.139 e. The topological polar surface area (TPSA) is 52.0 Å². The number of nitrogens with zero attached hydrogens (tertiary/aromatic N) is 1. The molecule has 3 nitrogen and oxygen atoms in total. The van der Waals surface area contributed by atoms with Gasteiger partial charge in [-0.05, 0) is 13.0 Å². The van der Waals surface area contributed by atoms with E-state index in [0.717, 1.165) is 23.9 Å². The molecule has 3 heteroatoms. The van der Waals surface area contributed by atoms with E-state index in [4.69, 9.17) is 11.5 Å². The molecule has 0 aromatic heterocycles. The predicted octanol–water partition coefficient (Wildman–Crippen LogP) is -0.284. The van der Waals surface area contributed by atoms with Crippen molar-refractivity contribution in [3.05, 3.63) is 0 Å². The first-order valence-electron chi connectivity index (χ1n) is 3.75. The third kappa shape index (κ3) is 3.82. The summed E-state index contributed by atoms with van der Waals surface area (Å²) in [7, 11) is 6.30. The lowest BCUT2D eigenvalue weighted by Crippen LogP contribution is -2.50. The van der Waals surface area contributed by atoms with Gasteiger partial charge in [0.15, 0.2) is 0 Å². The van der Waals surface area contributed by atoms with Gasteiger partial charge in [-0.1, -0.05) is 0 Å². The van der Waals surface area contributed by atoms with Crippen LogP contribution in [0.4, 0.5) is 0 Å². The van der Waals surface area contributed by atoms with Gasteiger partial charge in [0.2, 0.25) is 0 Å². The lowest BCUT2D eigenvalue weighted by atomic mass is 10.2. The van der Waals surface area contributed by atoms with Crippen molar-refractivity contribution in [3.63, 3.8) is 0 Å². The van der Waals surface area contributed by atoms with Crippen LogP contribution in [0.1, 0.15) is 12.8 Å². The first kappa shape index (κ1) is 9.88. The maximum atomic E-state index is 5.85. The highest BCUT2D eigenvalue weighted by Crippen LogP contribution is 2.02. The lowest BCUT2D eigenvalue weighted by molar-refractivity contribution is -0.896. The zero-order valence-electron chi connectivity index (χ0n) is 7.30. The average Bonchev–Trinajstić information content (AvgIpc) is 1.80. The van der Waals surface area contributed by atoms with Crippen LogP contribution in [0.2, 0.25) is 0 Å². The molecular weight excluding hydrogens is 126 g/mol. The molecular formula is C7H20N3+. The zero-order valence-corrected chi connectivity index (χ0v) is 7.30. The average molecular weight is 146 g/mol. The van der Waals surface area contributed by atoms with Crippen molar-refractivity contribution < 1.29 is 4.48 Å². The molecule has 0 spiro atoms. The maximum Gasteiger partial charge on any atom is 0.139 e. The van der Waals surface area contributed by atoms with E-state index in [1.807, 2.05) is 0 Å². The third-order valence-corrected chi connectivity index (χ3v) is 1.70. The molecule has 0 aliphatic rings. The molecule has 0 rings (SSSR count). The number of quaternary nitrogens is 1. The van der Waals surface area contributed by atoms with E-state index in [1.165, 1.54) is 0 Å². The van der Waals surface area contributed by atoms with Crippen molar-refractivity contribution in [2.24, 2.45) is 11.5 Å². The molecule has 0 saturated heterocycles. The number of hydrogen-bond acceptors (Lipinski definition) is 2. The summed E-state index contributed by atoms with van der Waals surface area (Å²) in [5.74, 6) is 0. The van der Waals surface area contributed by atoms with Crippen LogP contribution in [0, 0.1) is 0 Å². The molecule has 0 bridgehead atoms. The van der Waals surface area contributed by atoms with Gasteiger partial charge in [0.25, 0.3) is 0 Å². The molecule has 0 amide bonds. The molecule has 0 aliphatic carbocycles. The van der Waals surface area contributed by atoms with Gasteiger partial charge in [-0.3, -0.25) is 5.73 Å². The van der Waals surface area contributed by atoms with Crippen LogP contribution >= 0.6 is 0 Å². The second-order valence-corrected chi connectivity index (χ2v) is 3.61. The van der Waals surface area contributed by atoms with E-state index < -0.39 is 0 Å². The molecule has 10 heavy (non-hydrogen) atoms. The van der Waals surface area contributed by atoms with Gasteiger partial charge in [0.05, 0.1) is 21.1 Å². The summed E-state index contributed by atoms with van der Waals surface area (Å²) in [6.07, 6.45) is 2.26. The summed E-state index contributed by atoms with van der Waals surface area (Å²) in [5.41, 5.74) is 11.2. The molecule has 0 fully saturated rings. The molecule has 1 atom stereocenters. The Morgan fingerprint density at radius 1 is 1.30 bits per heavy atom. The number of hydrogen-bond donors (Lipinski definition) is 2. The van der Waals surface area contributed by atoms with Crippen LogP contribution in [0.5, 0.6) is 0 Å². The molecule has 0 saturated carbocycles. The summed E-state index contributed by atoms with van der Waals surface area (Å²) in [6, 6.07) is 0. The molecule has 0 radical (unpaired) electrons. The van der Waals surface area contributed by atoms with E-state index in [9.17, 15) is 0 Å². The fraction of sp³-hybridized carbons (Fsp3) is 1.00. The van der Waals surface area contributed by atoms with Crippen molar-refractivity contribution >= 4 is 0 Å². The number of nitrogens with two attached hydrogens (primary N) is 2. The van der Waals surface area contributed by atoms with Crippen LogP contribution in [0.25, 0.3) is 0 Å². The second-order valence-electron chi connectivity index (χ2n) is 3.61. The lowest BCUT2D eigenvalue weighted by Gasteiger charge is -2.30. The Bertz CT molecular complexity index is 85.3. The highest BCUT2D eigenvalue weighted by molar-refractivity contribution is 4.48. The Hall–Kier alpha value is -0.120. The fourth-order valence-electron chi connectivity index (χ4n) is 0.714. The molecule has 0 aromatic rings. The largest absolute Gasteiger partial charge is 0.330 e. The Labute approximate surface area is 63.6 Å². The molecule has 4 N–H and O–H groups in total. The van der Waals surface area contributed by atoms with Gasteiger partial charge in [-0.25, -0.2) is 0 Å². The van der Waals surface area contributed by atoms with E-state index >= 15 is 0 Å². The van der Waals surface area contributed by atoms with Crippen LogP contribution in [0.3, 0.4) is 0 Å². The van der Waals surface area contributed by atoms with Gasteiger partial charge >= 0.3 is 0 Å². The van der Waals surface area contributed by atoms with Crippen molar-refractivity contribution in [2.75, 3.05) is 27.7 Å². The summed E-state index contributed by atoms with van der Waals surface area (Å²) < 4.78 is 0.819. The van der Waals surface area contributed by atoms with Gasteiger partial charge in [0, 0.05) is 6.42 Å². The first-order valence-corrected chi connectivity index (χ1v) is 3.75. The van der Waals surface area contributed by atoms with Crippen LogP contribution < -0.4 is 11.5 Å². The van der Waals surface area contributed by atoms with Crippen molar-refractivity contribution in [1.29, 1.82) is 0 Å². The maximum absolute atomic E-state index is 5.85. The minimum Gasteiger partial charge on any atom is -0.330 e. The predicted molar refractivity (Wildman–Crippen MR) is 44.3 cm³/mol. The van der Waals surface area contributed by atoms with Crippen molar-refractivity contribution in [2.45, 2.75) is 19.0 Å². The molecule has 1 unspecified atom stereocenters. The molecule has 0 heterocycles. The van der Waals surface area contributed by atoms with Gasteiger partial charge in [0.1, 0.15) is 6.17 Å². The quantitative estimate of drug-likeness (QED) is 0.423. The summed E-state index contributed by atoms with van der Waals surface area (Å²) in [6.45, 7) is 0.744. The Kier molecular flexibility index (Phi) is 3.86. The molecule has 62 valence electrons. The van der Waals surface area contributed by atoms with E-state index in [2.05, 4.69) is 21.1 Å². The van der Waals surface area contributed by atoms with Crippen LogP contribution in [-0.4, -0.2) is 38.3 Å². The standard InChI is InChI=1S/C7H20N3/c1-10(2,3)7(9)5-4-6-8/h7H,4-6,8-9H2,1-3H3/q+1. The molecule has 0 aromatic carbocycles. The van der Waals surface area contributed by atoms with Gasteiger partial charge in [-0.2, -0.15) is 0 Å². The molecule has 0 aliphatic heterocycles. The summed E-state index contributed by atoms with van der Waals surface area (Å²) in [4.78, 5) is 0. The fourth-order valence-corrected chi connectivity index (χ4v) is 0.714. The van der Waals surface area contributed by atoms with Gasteiger partial charge < -0.3 is 10.2 Å². The van der Waals surface area contributed by atoms with E-state index in [-0.39, 0.29) is 6.17 Å². The first-order chi connectivity index (χ1) is 4.48. The monoisotopic (exact) mass is 146 g/mol. The van der Waals surface area contributed by atoms with Crippen LogP contribution in [-0.2, 0) is 0 Å². The van der Waals surface area contributed by atoms with E-state index in [0.29, 0.717) is 0 Å². The van der Waals surface area contributed by atoms with Crippen molar-refractivity contribution in [1.82, 2.24) is 0 Å². The Balaban J connectivity index is 3.52. The third-order valence-electron chi connectivity index (χ3n) is 1.70. The van der Waals surface area contributed by atoms with Gasteiger partial charge in [-0.15, -0.1) is 0 Å². The SMILES string of the molecule is C[N+](C)(C)C(N)CCCN. The second kappa shape index (κ2) is 3.91. The van der Waals surface area contributed by atoms with Crippen LogP contribution in [0.15, 0.2) is 0 Å². The minimum atomic E-state index is 0.226. The zero-order chi connectivity index (χ0) is 8.20. The Morgan fingerprint density at radius 2 is 1.80 bits per heavy atom. The Morgan fingerprint density at radius 3 is 2.10 bits per heavy atom. The summed E-state index contributed by atoms with van der Waals surface area (Å²) >= 11 is 0. The van der Waals surface area contributed by atoms with E-state index in [1.54, 1.807) is 0 Å². The highest BCUT2D eigenvalue weighted by Gasteiger charge is 2.17. The summed E-state index contributed by atoms with van der Waals surface area (Å²) in [5, 5.41) is 0.